The van der Waals surface area contributed by atoms with Gasteiger partial charge in [0.15, 0.2) is 5.82 Å². The second kappa shape index (κ2) is 5.29. The highest BCUT2D eigenvalue weighted by atomic mass is 35.5. The first kappa shape index (κ1) is 13.8. The van der Waals surface area contributed by atoms with Gasteiger partial charge in [-0.1, -0.05) is 12.1 Å². The van der Waals surface area contributed by atoms with Gasteiger partial charge in [-0.15, -0.1) is 11.6 Å². The molecule has 1 unspecified atom stereocenters. The average Bonchev–Trinajstić information content (AvgIpc) is 2.87. The van der Waals surface area contributed by atoms with E-state index in [0.717, 1.165) is 0 Å². The van der Waals surface area contributed by atoms with E-state index in [-0.39, 0.29) is 17.5 Å². The lowest BCUT2D eigenvalue weighted by Gasteiger charge is -2.13. The molecule has 21 heavy (non-hydrogen) atoms. The number of halogens is 1. The molecule has 0 saturated carbocycles. The Morgan fingerprint density at radius 1 is 1.33 bits per heavy atom. The van der Waals surface area contributed by atoms with Gasteiger partial charge in [0.2, 0.25) is 0 Å². The van der Waals surface area contributed by atoms with Crippen molar-refractivity contribution in [2.24, 2.45) is 7.05 Å². The van der Waals surface area contributed by atoms with Gasteiger partial charge in [-0.2, -0.15) is 5.10 Å². The predicted octanol–water partition coefficient (Wildman–Crippen LogP) is 1.87. The molecule has 2 heterocycles. The number of rotatable bonds is 3. The number of benzene rings is 1. The van der Waals surface area contributed by atoms with Crippen LogP contribution in [0.4, 0.5) is 0 Å². The van der Waals surface area contributed by atoms with Gasteiger partial charge < -0.3 is 0 Å². The normalized spacial score (nSPS) is 12.7. The summed E-state index contributed by atoms with van der Waals surface area (Å²) in [5, 5.41) is 4.38. The Hall–Kier alpha value is -2.21. The van der Waals surface area contributed by atoms with E-state index < -0.39 is 0 Å². The summed E-state index contributed by atoms with van der Waals surface area (Å²) in [5.41, 5.74) is 0.519. The zero-order valence-electron chi connectivity index (χ0n) is 11.7. The fourth-order valence-electron chi connectivity index (χ4n) is 2.24. The van der Waals surface area contributed by atoms with E-state index in [9.17, 15) is 4.79 Å². The lowest BCUT2D eigenvalue weighted by Crippen LogP contribution is -2.26. The van der Waals surface area contributed by atoms with E-state index in [1.54, 1.807) is 31.0 Å². The van der Waals surface area contributed by atoms with Crippen molar-refractivity contribution in [2.75, 3.05) is 0 Å². The van der Waals surface area contributed by atoms with Crippen LogP contribution in [0, 0.1) is 0 Å². The first-order chi connectivity index (χ1) is 10.1. The molecule has 0 aliphatic heterocycles. The molecule has 1 atom stereocenters. The molecule has 0 aliphatic carbocycles. The molecular formula is C14H14ClN5O. The van der Waals surface area contributed by atoms with E-state index in [4.69, 9.17) is 11.6 Å². The summed E-state index contributed by atoms with van der Waals surface area (Å²) in [5.74, 6) is 1.07. The maximum atomic E-state index is 12.7. The smallest absolute Gasteiger partial charge is 0.261 e. The van der Waals surface area contributed by atoms with Gasteiger partial charge in [-0.05, 0) is 19.1 Å². The summed E-state index contributed by atoms with van der Waals surface area (Å²) in [6.45, 7) is 2.05. The number of alkyl halides is 1. The SMILES string of the molecule is CC(Cl)c1nc2ccccc2c(=O)n1Cc1ncn(C)n1. The lowest BCUT2D eigenvalue weighted by atomic mass is 10.2. The number of aromatic nitrogens is 5. The molecule has 0 fully saturated rings. The topological polar surface area (TPSA) is 65.6 Å². The maximum Gasteiger partial charge on any atom is 0.261 e. The number of fused-ring (bicyclic) bond motifs is 1. The summed E-state index contributed by atoms with van der Waals surface area (Å²) < 4.78 is 3.13. The average molecular weight is 304 g/mol. The van der Waals surface area contributed by atoms with Crippen LogP contribution < -0.4 is 5.56 Å². The predicted molar refractivity (Wildman–Crippen MR) is 80.4 cm³/mol. The van der Waals surface area contributed by atoms with Crippen molar-refractivity contribution in [1.82, 2.24) is 24.3 Å². The van der Waals surface area contributed by atoms with Crippen LogP contribution in [0.3, 0.4) is 0 Å². The van der Waals surface area contributed by atoms with E-state index >= 15 is 0 Å². The third-order valence-electron chi connectivity index (χ3n) is 3.19. The minimum Gasteiger partial charge on any atom is -0.287 e. The summed E-state index contributed by atoms with van der Waals surface area (Å²) in [4.78, 5) is 21.3. The molecule has 0 saturated heterocycles. The number of nitrogens with zero attached hydrogens (tertiary/aromatic N) is 5. The molecule has 0 N–H and O–H groups in total. The maximum absolute atomic E-state index is 12.7. The first-order valence-corrected chi connectivity index (χ1v) is 6.98. The van der Waals surface area contributed by atoms with Crippen molar-refractivity contribution in [2.45, 2.75) is 18.8 Å². The van der Waals surface area contributed by atoms with Gasteiger partial charge in [0.25, 0.3) is 5.56 Å². The molecule has 0 radical (unpaired) electrons. The Labute approximate surface area is 126 Å². The van der Waals surface area contributed by atoms with Gasteiger partial charge in [0, 0.05) is 7.05 Å². The minimum atomic E-state index is -0.383. The fraction of sp³-hybridized carbons (Fsp3) is 0.286. The van der Waals surface area contributed by atoms with Gasteiger partial charge >= 0.3 is 0 Å². The Morgan fingerprint density at radius 3 is 2.76 bits per heavy atom. The molecule has 6 nitrogen and oxygen atoms in total. The van der Waals surface area contributed by atoms with Gasteiger partial charge in [-0.3, -0.25) is 14.0 Å². The van der Waals surface area contributed by atoms with Crippen molar-refractivity contribution in [3.63, 3.8) is 0 Å². The van der Waals surface area contributed by atoms with Crippen LogP contribution in [0.15, 0.2) is 35.4 Å². The van der Waals surface area contributed by atoms with E-state index in [2.05, 4.69) is 15.1 Å². The standard InChI is InChI=1S/C14H14ClN5O/c1-9(15)13-17-11-6-4-3-5-10(11)14(21)20(13)7-12-16-8-19(2)18-12/h3-6,8-9H,7H2,1-2H3. The van der Waals surface area contributed by atoms with Gasteiger partial charge in [0.05, 0.1) is 22.8 Å². The molecule has 1 aromatic carbocycles. The second-order valence-corrected chi connectivity index (χ2v) is 5.48. The largest absolute Gasteiger partial charge is 0.287 e. The van der Waals surface area contributed by atoms with Gasteiger partial charge in [-0.25, -0.2) is 9.97 Å². The highest BCUT2D eigenvalue weighted by Gasteiger charge is 2.16. The van der Waals surface area contributed by atoms with Crippen molar-refractivity contribution in [1.29, 1.82) is 0 Å². The number of para-hydroxylation sites is 1. The Morgan fingerprint density at radius 2 is 2.10 bits per heavy atom. The van der Waals surface area contributed by atoms with E-state index in [1.807, 2.05) is 18.2 Å². The fourth-order valence-corrected chi connectivity index (χ4v) is 2.41. The molecular weight excluding hydrogens is 290 g/mol. The zero-order valence-corrected chi connectivity index (χ0v) is 12.4. The van der Waals surface area contributed by atoms with Crippen LogP contribution in [-0.4, -0.2) is 24.3 Å². The third kappa shape index (κ3) is 2.54. The molecule has 108 valence electrons. The molecule has 2 aromatic heterocycles. The third-order valence-corrected chi connectivity index (χ3v) is 3.39. The monoisotopic (exact) mass is 303 g/mol. The van der Waals surface area contributed by atoms with Crippen molar-refractivity contribution >= 4 is 22.5 Å². The quantitative estimate of drug-likeness (QED) is 0.693. The zero-order chi connectivity index (χ0) is 15.0. The molecule has 0 aliphatic rings. The molecule has 0 spiro atoms. The lowest BCUT2D eigenvalue weighted by molar-refractivity contribution is 0.641. The molecule has 3 rings (SSSR count). The van der Waals surface area contributed by atoms with Crippen LogP contribution >= 0.6 is 11.6 Å². The molecule has 0 amide bonds. The second-order valence-electron chi connectivity index (χ2n) is 4.83. The van der Waals surface area contributed by atoms with Crippen LogP contribution in [0.25, 0.3) is 10.9 Å². The van der Waals surface area contributed by atoms with Crippen molar-refractivity contribution in [3.05, 3.63) is 52.6 Å². The number of hydrogen-bond acceptors (Lipinski definition) is 4. The van der Waals surface area contributed by atoms with Crippen LogP contribution in [-0.2, 0) is 13.6 Å². The highest BCUT2D eigenvalue weighted by Crippen LogP contribution is 2.19. The summed E-state index contributed by atoms with van der Waals surface area (Å²) in [7, 11) is 1.78. The van der Waals surface area contributed by atoms with Gasteiger partial charge in [0.1, 0.15) is 12.2 Å². The minimum absolute atomic E-state index is 0.129. The number of aryl methyl sites for hydroxylation is 1. The molecule has 7 heteroatoms. The summed E-state index contributed by atoms with van der Waals surface area (Å²) in [6, 6.07) is 7.24. The molecule has 0 bridgehead atoms. The summed E-state index contributed by atoms with van der Waals surface area (Å²) >= 11 is 6.18. The van der Waals surface area contributed by atoms with E-state index in [1.165, 1.54) is 4.57 Å². The molecule has 3 aromatic rings. The Balaban J connectivity index is 2.21. The highest BCUT2D eigenvalue weighted by molar-refractivity contribution is 6.20. The Bertz CT molecular complexity index is 852. The Kier molecular flexibility index (Phi) is 3.47. The van der Waals surface area contributed by atoms with Crippen molar-refractivity contribution in [3.8, 4) is 0 Å². The number of hydrogen-bond donors (Lipinski definition) is 0. The van der Waals surface area contributed by atoms with Crippen molar-refractivity contribution < 1.29 is 0 Å². The van der Waals surface area contributed by atoms with Crippen LogP contribution in [0.1, 0.15) is 23.9 Å². The summed E-state index contributed by atoms with van der Waals surface area (Å²) in [6.07, 6.45) is 1.60. The van der Waals surface area contributed by atoms with Crippen LogP contribution in [0.5, 0.6) is 0 Å². The van der Waals surface area contributed by atoms with Crippen LogP contribution in [0.2, 0.25) is 0 Å². The first-order valence-electron chi connectivity index (χ1n) is 6.54. The van der Waals surface area contributed by atoms with E-state index in [0.29, 0.717) is 22.6 Å².